The molecule has 0 spiro atoms. The molecule has 9 heteroatoms. The Hall–Kier alpha value is -2.03. The van der Waals surface area contributed by atoms with Crippen LogP contribution in [0.2, 0.25) is 13.6 Å². The van der Waals surface area contributed by atoms with Crippen molar-refractivity contribution in [2.24, 2.45) is 5.73 Å². The third kappa shape index (κ3) is 5.92. The summed E-state index contributed by atoms with van der Waals surface area (Å²) < 4.78 is 23.5. The van der Waals surface area contributed by atoms with Crippen molar-refractivity contribution in [1.82, 2.24) is 0 Å². The second-order valence-electron chi connectivity index (χ2n) is 9.83. The molecule has 2 heterocycles. The molecule has 0 saturated heterocycles. The van der Waals surface area contributed by atoms with E-state index in [1.54, 1.807) is 0 Å². The summed E-state index contributed by atoms with van der Waals surface area (Å²) in [6, 6.07) is 12.1. The van der Waals surface area contributed by atoms with Crippen LogP contribution in [-0.4, -0.2) is 57.0 Å². The fraction of sp³-hybridized carbons (Fsp3) is 0.556. The summed E-state index contributed by atoms with van der Waals surface area (Å²) in [7, 11) is 0. The molecular formula is C27H41B2NO6. The highest BCUT2D eigenvalue weighted by molar-refractivity contribution is 6.69. The third-order valence-corrected chi connectivity index (χ3v) is 7.14. The summed E-state index contributed by atoms with van der Waals surface area (Å²) in [4.78, 5) is 0. The van der Waals surface area contributed by atoms with E-state index >= 15 is 0 Å². The van der Waals surface area contributed by atoms with E-state index < -0.39 is 5.60 Å². The van der Waals surface area contributed by atoms with Crippen molar-refractivity contribution in [1.29, 1.82) is 0 Å². The van der Waals surface area contributed by atoms with E-state index in [-0.39, 0.29) is 32.6 Å². The van der Waals surface area contributed by atoms with Crippen LogP contribution in [-0.2, 0) is 20.5 Å². The molecule has 0 radical (unpaired) electrons. The first-order valence-corrected chi connectivity index (χ1v) is 13.0. The molecule has 36 heavy (non-hydrogen) atoms. The number of aliphatic hydroxyl groups is 2. The lowest BCUT2D eigenvalue weighted by atomic mass is 9.63. The minimum absolute atomic E-state index is 0.0149. The third-order valence-electron chi connectivity index (χ3n) is 7.14. The lowest BCUT2D eigenvalue weighted by molar-refractivity contribution is 0.0966. The van der Waals surface area contributed by atoms with Gasteiger partial charge in [0.05, 0.1) is 24.4 Å². The van der Waals surface area contributed by atoms with E-state index in [1.807, 2.05) is 44.1 Å². The zero-order valence-corrected chi connectivity index (χ0v) is 22.4. The molecule has 0 saturated carbocycles. The summed E-state index contributed by atoms with van der Waals surface area (Å²) in [5.74, 6) is 1.73. The van der Waals surface area contributed by atoms with Crippen LogP contribution in [0.4, 0.5) is 0 Å². The van der Waals surface area contributed by atoms with Crippen molar-refractivity contribution in [3.8, 4) is 11.5 Å². The molecule has 7 nitrogen and oxygen atoms in total. The van der Waals surface area contributed by atoms with Gasteiger partial charge >= 0.3 is 13.8 Å². The number of aliphatic hydroxyl groups excluding tert-OH is 2. The molecule has 2 unspecified atom stereocenters. The van der Waals surface area contributed by atoms with Gasteiger partial charge in [-0.25, -0.2) is 0 Å². The second kappa shape index (κ2) is 12.5. The SMILES string of the molecule is CB1OC(C)(CN)c2cccc(OCCCO)c21.CCC1(C)OB(C)c2c(OCCCO)cccc21. The Balaban J connectivity index is 0.000000201. The Morgan fingerprint density at radius 3 is 1.67 bits per heavy atom. The Kier molecular flexibility index (Phi) is 9.89. The van der Waals surface area contributed by atoms with E-state index in [2.05, 4.69) is 26.7 Å². The highest BCUT2D eigenvalue weighted by Gasteiger charge is 2.43. The predicted octanol–water partition coefficient (Wildman–Crippen LogP) is 2.41. The van der Waals surface area contributed by atoms with Gasteiger partial charge in [0.15, 0.2) is 0 Å². The predicted molar refractivity (Wildman–Crippen MR) is 146 cm³/mol. The van der Waals surface area contributed by atoms with Crippen molar-refractivity contribution in [3.05, 3.63) is 47.5 Å². The lowest BCUT2D eigenvalue weighted by Gasteiger charge is -2.24. The molecule has 4 N–H and O–H groups in total. The maximum Gasteiger partial charge on any atom is 0.328 e. The molecular weight excluding hydrogens is 456 g/mol. The molecule has 2 aliphatic heterocycles. The van der Waals surface area contributed by atoms with Crippen LogP contribution in [0, 0.1) is 0 Å². The van der Waals surface area contributed by atoms with Crippen LogP contribution >= 0.6 is 0 Å². The van der Waals surface area contributed by atoms with E-state index in [1.165, 1.54) is 11.0 Å². The van der Waals surface area contributed by atoms with Gasteiger partial charge in [0.25, 0.3) is 0 Å². The Morgan fingerprint density at radius 1 is 0.806 bits per heavy atom. The first-order chi connectivity index (χ1) is 17.2. The van der Waals surface area contributed by atoms with Gasteiger partial charge in [-0.3, -0.25) is 0 Å². The average molecular weight is 497 g/mol. The van der Waals surface area contributed by atoms with Gasteiger partial charge in [0.1, 0.15) is 11.5 Å². The molecule has 4 rings (SSSR count). The van der Waals surface area contributed by atoms with Gasteiger partial charge in [-0.1, -0.05) is 44.8 Å². The molecule has 2 aromatic carbocycles. The molecule has 0 aromatic heterocycles. The largest absolute Gasteiger partial charge is 0.494 e. The fourth-order valence-corrected chi connectivity index (χ4v) is 5.05. The lowest BCUT2D eigenvalue weighted by Crippen LogP contribution is -2.32. The Bertz CT molecular complexity index is 929. The fourth-order valence-electron chi connectivity index (χ4n) is 5.05. The number of hydrogen-bond acceptors (Lipinski definition) is 7. The quantitative estimate of drug-likeness (QED) is 0.342. The van der Waals surface area contributed by atoms with Crippen LogP contribution < -0.4 is 26.1 Å². The van der Waals surface area contributed by atoms with E-state index in [0.717, 1.165) is 28.9 Å². The Labute approximate surface area is 216 Å². The standard InChI is InChI=1S/C14H21BO3.C13H20BNO3/c1-4-14(2)11-7-5-8-12(17-10-6-9-16)13(11)15(3)18-14;1-13(9-15)10-5-3-6-11(17-8-4-7-16)12(10)14(2)18-13/h5,7-8,16H,4,6,9-10H2,1-3H3;3,5-6,16H,4,7-9,15H2,1-2H3. The normalized spacial score (nSPS) is 22.1. The monoisotopic (exact) mass is 497 g/mol. The summed E-state index contributed by atoms with van der Waals surface area (Å²) in [5, 5.41) is 17.6. The topological polar surface area (TPSA) is 103 Å². The number of fused-ring (bicyclic) bond motifs is 2. The zero-order valence-electron chi connectivity index (χ0n) is 22.4. The van der Waals surface area contributed by atoms with Gasteiger partial charge in [-0.05, 0) is 54.5 Å². The van der Waals surface area contributed by atoms with E-state index in [4.69, 9.17) is 34.7 Å². The van der Waals surface area contributed by atoms with Gasteiger partial charge in [0, 0.05) is 32.6 Å². The number of benzene rings is 2. The molecule has 0 aliphatic carbocycles. The van der Waals surface area contributed by atoms with Crippen molar-refractivity contribution in [2.75, 3.05) is 33.0 Å². The van der Waals surface area contributed by atoms with Crippen molar-refractivity contribution < 1.29 is 29.0 Å². The zero-order chi connectivity index (χ0) is 26.3. The van der Waals surface area contributed by atoms with Crippen molar-refractivity contribution >= 4 is 24.8 Å². The molecule has 0 bridgehead atoms. The maximum atomic E-state index is 8.81. The maximum absolute atomic E-state index is 8.81. The number of rotatable bonds is 10. The number of ether oxygens (including phenoxy) is 2. The van der Waals surface area contributed by atoms with Gasteiger partial charge in [-0.15, -0.1) is 0 Å². The van der Waals surface area contributed by atoms with Gasteiger partial charge in [-0.2, -0.15) is 0 Å². The highest BCUT2D eigenvalue weighted by Crippen LogP contribution is 2.36. The van der Waals surface area contributed by atoms with E-state index in [0.29, 0.717) is 32.6 Å². The molecule has 0 fully saturated rings. The van der Waals surface area contributed by atoms with Gasteiger partial charge < -0.3 is 34.7 Å². The first kappa shape index (κ1) is 28.5. The highest BCUT2D eigenvalue weighted by atomic mass is 16.5. The van der Waals surface area contributed by atoms with Crippen LogP contribution in [0.3, 0.4) is 0 Å². The summed E-state index contributed by atoms with van der Waals surface area (Å²) in [6.07, 6.45) is 2.24. The Morgan fingerprint density at radius 2 is 1.25 bits per heavy atom. The van der Waals surface area contributed by atoms with Crippen molar-refractivity contribution in [3.63, 3.8) is 0 Å². The summed E-state index contributed by atoms with van der Waals surface area (Å²) >= 11 is 0. The molecule has 2 aromatic rings. The van der Waals surface area contributed by atoms with Crippen LogP contribution in [0.25, 0.3) is 0 Å². The van der Waals surface area contributed by atoms with Crippen molar-refractivity contribution in [2.45, 2.75) is 64.9 Å². The number of nitrogens with two attached hydrogens (primary N) is 1. The smallest absolute Gasteiger partial charge is 0.328 e. The summed E-state index contributed by atoms with van der Waals surface area (Å²) in [6.45, 7) is 12.2. The minimum Gasteiger partial charge on any atom is -0.494 e. The van der Waals surface area contributed by atoms with E-state index in [9.17, 15) is 0 Å². The first-order valence-electron chi connectivity index (χ1n) is 13.0. The van der Waals surface area contributed by atoms with Crippen LogP contribution in [0.15, 0.2) is 36.4 Å². The van der Waals surface area contributed by atoms with Crippen LogP contribution in [0.1, 0.15) is 51.2 Å². The van der Waals surface area contributed by atoms with Crippen LogP contribution in [0.5, 0.6) is 11.5 Å². The number of hydrogen-bond donors (Lipinski definition) is 3. The van der Waals surface area contributed by atoms with Gasteiger partial charge in [0.2, 0.25) is 0 Å². The molecule has 2 atom stereocenters. The average Bonchev–Trinajstić information content (AvgIpc) is 3.31. The summed E-state index contributed by atoms with van der Waals surface area (Å²) in [5.41, 5.74) is 9.79. The minimum atomic E-state index is -0.425. The molecule has 196 valence electrons. The molecule has 0 amide bonds. The molecule has 2 aliphatic rings. The second-order valence-corrected chi connectivity index (χ2v) is 9.83.